The SMILES string of the molecule is COP(=O)(c1cc(C)cc(CC#N)c1)c1c(C(=O)NCc2ccncn2)[nH]c2ccc(I)cc12. The second-order valence-electron chi connectivity index (χ2n) is 7.67. The number of aryl methyl sites for hydroxylation is 1. The summed E-state index contributed by atoms with van der Waals surface area (Å²) in [6, 6.07) is 14.8. The lowest BCUT2D eigenvalue weighted by Crippen LogP contribution is -2.30. The number of rotatable bonds is 7. The molecule has 0 aliphatic heterocycles. The van der Waals surface area contributed by atoms with Gasteiger partial charge in [0.15, 0.2) is 0 Å². The van der Waals surface area contributed by atoms with Gasteiger partial charge in [-0.05, 0) is 77.0 Å². The Labute approximate surface area is 210 Å². The Kier molecular flexibility index (Phi) is 7.12. The van der Waals surface area contributed by atoms with Crippen LogP contribution in [0.5, 0.6) is 0 Å². The molecular formula is C24H21IN5O3P. The van der Waals surface area contributed by atoms with Crippen LogP contribution in [0, 0.1) is 21.8 Å². The normalized spacial score (nSPS) is 12.8. The molecule has 0 spiro atoms. The van der Waals surface area contributed by atoms with Gasteiger partial charge in [-0.2, -0.15) is 5.26 Å². The second kappa shape index (κ2) is 10.1. The topological polar surface area (TPSA) is 121 Å². The van der Waals surface area contributed by atoms with Crippen LogP contribution in [0.25, 0.3) is 10.9 Å². The van der Waals surface area contributed by atoms with Crippen LogP contribution in [-0.2, 0) is 22.1 Å². The second-order valence-corrected chi connectivity index (χ2v) is 11.3. The molecule has 34 heavy (non-hydrogen) atoms. The number of aromatic nitrogens is 3. The van der Waals surface area contributed by atoms with Crippen molar-refractivity contribution in [3.05, 3.63) is 81.1 Å². The van der Waals surface area contributed by atoms with Gasteiger partial charge in [0.1, 0.15) is 12.0 Å². The number of nitriles is 1. The molecule has 0 aliphatic carbocycles. The number of carbonyl (C=O) groups is 1. The summed E-state index contributed by atoms with van der Waals surface area (Å²) in [5, 5.41) is 13.4. The third kappa shape index (κ3) is 4.75. The lowest BCUT2D eigenvalue weighted by atomic mass is 10.1. The number of halogens is 1. The molecule has 0 aliphatic rings. The minimum Gasteiger partial charge on any atom is -0.350 e. The quantitative estimate of drug-likeness (QED) is 0.252. The van der Waals surface area contributed by atoms with E-state index in [9.17, 15) is 9.36 Å². The average molecular weight is 585 g/mol. The van der Waals surface area contributed by atoms with Crippen LogP contribution in [0.4, 0.5) is 0 Å². The van der Waals surface area contributed by atoms with Gasteiger partial charge in [0, 0.05) is 33.1 Å². The molecule has 172 valence electrons. The Morgan fingerprint density at radius 2 is 2.09 bits per heavy atom. The number of carbonyl (C=O) groups excluding carboxylic acids is 1. The van der Waals surface area contributed by atoms with Crippen molar-refractivity contribution in [3.63, 3.8) is 0 Å². The maximum absolute atomic E-state index is 14.6. The van der Waals surface area contributed by atoms with Gasteiger partial charge in [-0.15, -0.1) is 0 Å². The van der Waals surface area contributed by atoms with Crippen molar-refractivity contribution in [1.29, 1.82) is 5.26 Å². The fourth-order valence-corrected chi connectivity index (χ4v) is 6.64. The molecule has 1 atom stereocenters. The number of hydrogen-bond acceptors (Lipinski definition) is 6. The van der Waals surface area contributed by atoms with E-state index in [0.717, 1.165) is 14.7 Å². The summed E-state index contributed by atoms with van der Waals surface area (Å²) in [6.07, 6.45) is 3.18. The summed E-state index contributed by atoms with van der Waals surface area (Å²) in [4.78, 5) is 24.5. The van der Waals surface area contributed by atoms with Gasteiger partial charge < -0.3 is 14.8 Å². The van der Waals surface area contributed by atoms with Crippen molar-refractivity contribution in [2.45, 2.75) is 19.9 Å². The highest BCUT2D eigenvalue weighted by atomic mass is 127. The van der Waals surface area contributed by atoms with E-state index in [0.29, 0.717) is 27.2 Å². The average Bonchev–Trinajstić information content (AvgIpc) is 3.22. The van der Waals surface area contributed by atoms with Crippen LogP contribution >= 0.6 is 30.0 Å². The summed E-state index contributed by atoms with van der Waals surface area (Å²) in [5.41, 5.74) is 3.07. The van der Waals surface area contributed by atoms with Crippen molar-refractivity contribution in [1.82, 2.24) is 20.3 Å². The number of hydrogen-bond donors (Lipinski definition) is 2. The molecule has 2 aromatic carbocycles. The maximum Gasteiger partial charge on any atom is 0.268 e. The summed E-state index contributed by atoms with van der Waals surface area (Å²) < 4.78 is 21.2. The molecule has 4 aromatic rings. The van der Waals surface area contributed by atoms with Crippen molar-refractivity contribution in [3.8, 4) is 6.07 Å². The fourth-order valence-electron chi connectivity index (χ4n) is 3.83. The molecule has 0 fully saturated rings. The van der Waals surface area contributed by atoms with Crippen LogP contribution in [0.3, 0.4) is 0 Å². The van der Waals surface area contributed by atoms with E-state index >= 15 is 0 Å². The van der Waals surface area contributed by atoms with Gasteiger partial charge in [-0.25, -0.2) is 9.97 Å². The number of nitrogens with one attached hydrogen (secondary N) is 2. The first-order valence-corrected chi connectivity index (χ1v) is 13.0. The predicted octanol–water partition coefficient (Wildman–Crippen LogP) is 3.74. The molecule has 2 N–H and O–H groups in total. The largest absolute Gasteiger partial charge is 0.350 e. The van der Waals surface area contributed by atoms with Crippen LogP contribution in [0.15, 0.2) is 55.0 Å². The Balaban J connectivity index is 1.87. The van der Waals surface area contributed by atoms with Gasteiger partial charge >= 0.3 is 0 Å². The van der Waals surface area contributed by atoms with E-state index in [1.165, 1.54) is 13.4 Å². The number of aromatic amines is 1. The van der Waals surface area contributed by atoms with Crippen LogP contribution < -0.4 is 15.9 Å². The third-order valence-electron chi connectivity index (χ3n) is 5.33. The van der Waals surface area contributed by atoms with Crippen molar-refractivity contribution in [2.75, 3.05) is 7.11 Å². The van der Waals surface area contributed by atoms with E-state index in [2.05, 4.69) is 48.9 Å². The number of fused-ring (bicyclic) bond motifs is 1. The highest BCUT2D eigenvalue weighted by Gasteiger charge is 2.36. The molecule has 1 amide bonds. The van der Waals surface area contributed by atoms with E-state index in [-0.39, 0.29) is 18.7 Å². The van der Waals surface area contributed by atoms with Crippen molar-refractivity contribution < 1.29 is 13.9 Å². The molecule has 0 bridgehead atoms. The molecular weight excluding hydrogens is 564 g/mol. The zero-order chi connectivity index (χ0) is 24.3. The minimum atomic E-state index is -3.72. The molecule has 4 rings (SSSR count). The summed E-state index contributed by atoms with van der Waals surface area (Å²) in [7, 11) is -2.34. The van der Waals surface area contributed by atoms with E-state index in [1.54, 1.807) is 24.4 Å². The zero-order valence-corrected chi connectivity index (χ0v) is 21.6. The van der Waals surface area contributed by atoms with E-state index in [1.807, 2.05) is 31.2 Å². The van der Waals surface area contributed by atoms with Crippen LogP contribution in [-0.4, -0.2) is 28.0 Å². The number of benzene rings is 2. The third-order valence-corrected chi connectivity index (χ3v) is 8.51. The summed E-state index contributed by atoms with van der Waals surface area (Å²) in [5.74, 6) is -0.429. The van der Waals surface area contributed by atoms with Gasteiger partial charge in [0.25, 0.3) is 13.3 Å². The van der Waals surface area contributed by atoms with Crippen molar-refractivity contribution >= 4 is 57.4 Å². The van der Waals surface area contributed by atoms with E-state index in [4.69, 9.17) is 9.79 Å². The maximum atomic E-state index is 14.6. The Bertz CT molecular complexity index is 1460. The van der Waals surface area contributed by atoms with Gasteiger partial charge in [0.2, 0.25) is 0 Å². The first kappa shape index (κ1) is 24.1. The number of amides is 1. The summed E-state index contributed by atoms with van der Waals surface area (Å²) >= 11 is 2.18. The smallest absolute Gasteiger partial charge is 0.268 e. The highest BCUT2D eigenvalue weighted by molar-refractivity contribution is 14.1. The Hall–Kier alpha value is -3.06. The van der Waals surface area contributed by atoms with Gasteiger partial charge in [-0.3, -0.25) is 9.36 Å². The first-order chi connectivity index (χ1) is 16.4. The standard InChI is InChI=1S/C24H21IN5O3P/c1-15-9-16(5-7-26)11-19(10-15)34(32,33-2)23-20-12-17(25)3-4-21(20)30-22(23)24(31)28-13-18-6-8-27-14-29-18/h3-4,6,8-12,14,30H,5,13H2,1-2H3,(H,28,31). The summed E-state index contributed by atoms with van der Waals surface area (Å²) in [6.45, 7) is 2.06. The molecule has 1 unspecified atom stereocenters. The van der Waals surface area contributed by atoms with Gasteiger partial charge in [-0.1, -0.05) is 6.07 Å². The molecule has 2 heterocycles. The molecule has 2 aromatic heterocycles. The molecule has 0 saturated carbocycles. The Morgan fingerprint density at radius 1 is 1.26 bits per heavy atom. The lowest BCUT2D eigenvalue weighted by Gasteiger charge is -2.19. The molecule has 0 radical (unpaired) electrons. The minimum absolute atomic E-state index is 0.166. The van der Waals surface area contributed by atoms with Crippen molar-refractivity contribution in [2.24, 2.45) is 0 Å². The molecule has 0 saturated heterocycles. The Morgan fingerprint density at radius 3 is 2.79 bits per heavy atom. The monoisotopic (exact) mass is 585 g/mol. The highest BCUT2D eigenvalue weighted by Crippen LogP contribution is 2.47. The predicted molar refractivity (Wildman–Crippen MR) is 139 cm³/mol. The first-order valence-electron chi connectivity index (χ1n) is 10.3. The zero-order valence-electron chi connectivity index (χ0n) is 18.5. The number of nitrogens with zero attached hydrogens (tertiary/aromatic N) is 3. The number of H-pyrrole nitrogens is 1. The molecule has 10 heteroatoms. The van der Waals surface area contributed by atoms with Crippen LogP contribution in [0.2, 0.25) is 0 Å². The van der Waals surface area contributed by atoms with E-state index < -0.39 is 13.3 Å². The van der Waals surface area contributed by atoms with Crippen LogP contribution in [0.1, 0.15) is 27.3 Å². The molecule has 8 nitrogen and oxygen atoms in total. The fraction of sp³-hybridized carbons (Fsp3) is 0.167. The lowest BCUT2D eigenvalue weighted by molar-refractivity contribution is 0.0947. The van der Waals surface area contributed by atoms with Gasteiger partial charge in [0.05, 0.1) is 30.0 Å².